The van der Waals surface area contributed by atoms with Gasteiger partial charge in [-0.2, -0.15) is 4.31 Å². The predicted octanol–water partition coefficient (Wildman–Crippen LogP) is 1.47. The highest BCUT2D eigenvalue weighted by atomic mass is 32.2. The lowest BCUT2D eigenvalue weighted by molar-refractivity contribution is -0.113. The second-order valence-corrected chi connectivity index (χ2v) is 9.37. The third kappa shape index (κ3) is 3.40. The molecule has 30 heavy (non-hydrogen) atoms. The molecule has 0 N–H and O–H groups in total. The van der Waals surface area contributed by atoms with Gasteiger partial charge < -0.3 is 19.1 Å². The van der Waals surface area contributed by atoms with Crippen LogP contribution in [0.2, 0.25) is 0 Å². The van der Waals surface area contributed by atoms with E-state index in [1.54, 1.807) is 23.1 Å². The van der Waals surface area contributed by atoms with E-state index >= 15 is 0 Å². The highest BCUT2D eigenvalue weighted by Gasteiger charge is 2.41. The number of nitrogens with zero attached hydrogens (tertiary/aromatic N) is 2. The molecular formula is C20H19FN2O6S. The Bertz CT molecular complexity index is 1080. The largest absolute Gasteiger partial charge is 0.454 e. The van der Waals surface area contributed by atoms with Crippen LogP contribution in [0.5, 0.6) is 11.5 Å². The van der Waals surface area contributed by atoms with Crippen LogP contribution >= 0.6 is 0 Å². The van der Waals surface area contributed by atoms with Crippen molar-refractivity contribution in [1.29, 1.82) is 0 Å². The van der Waals surface area contributed by atoms with E-state index in [1.165, 1.54) is 16.4 Å². The minimum atomic E-state index is -3.76. The van der Waals surface area contributed by atoms with E-state index in [4.69, 9.17) is 14.2 Å². The van der Waals surface area contributed by atoms with E-state index in [1.807, 2.05) is 0 Å². The van der Waals surface area contributed by atoms with E-state index in [9.17, 15) is 17.6 Å². The summed E-state index contributed by atoms with van der Waals surface area (Å²) in [5.41, 5.74) is 0.481. The van der Waals surface area contributed by atoms with Crippen molar-refractivity contribution in [2.45, 2.75) is 17.1 Å². The lowest BCUT2D eigenvalue weighted by atomic mass is 10.1. The van der Waals surface area contributed by atoms with Gasteiger partial charge in [0.15, 0.2) is 11.5 Å². The summed E-state index contributed by atoms with van der Waals surface area (Å²) in [5, 5.41) is 0. The van der Waals surface area contributed by atoms with Crippen molar-refractivity contribution in [3.8, 4) is 11.5 Å². The molecule has 0 spiro atoms. The number of morpholine rings is 2. The number of carbonyl (C=O) groups excluding carboxylic acids is 1. The van der Waals surface area contributed by atoms with Gasteiger partial charge >= 0.3 is 0 Å². The standard InChI is InChI=1S/C20H19FN2O6S/c21-14-2-4-17(5-3-14)30(25,26)23-10-15-8-22(9-16(11-23)29-15)20(24)13-1-6-18-19(7-13)28-12-27-18/h1-7,15-16H,8-12H2/t15-,16+. The normalized spacial score (nSPS) is 23.4. The molecule has 2 saturated heterocycles. The van der Waals surface area contributed by atoms with Crippen molar-refractivity contribution >= 4 is 15.9 Å². The first-order chi connectivity index (χ1) is 14.4. The molecule has 3 heterocycles. The maximum absolute atomic E-state index is 13.2. The summed E-state index contributed by atoms with van der Waals surface area (Å²) in [6, 6.07) is 9.80. The molecule has 2 aromatic carbocycles. The Hall–Kier alpha value is -2.69. The molecule has 2 fully saturated rings. The zero-order valence-corrected chi connectivity index (χ0v) is 16.7. The number of rotatable bonds is 3. The Morgan fingerprint density at radius 1 is 0.933 bits per heavy atom. The van der Waals surface area contributed by atoms with Crippen LogP contribution in [0.3, 0.4) is 0 Å². The Labute approximate surface area is 172 Å². The molecule has 3 aliphatic heterocycles. The van der Waals surface area contributed by atoms with Gasteiger partial charge in [-0.15, -0.1) is 0 Å². The highest BCUT2D eigenvalue weighted by molar-refractivity contribution is 7.89. The first-order valence-corrected chi connectivity index (χ1v) is 10.9. The van der Waals surface area contributed by atoms with Crippen molar-refractivity contribution in [3.63, 3.8) is 0 Å². The lowest BCUT2D eigenvalue weighted by Gasteiger charge is -2.45. The quantitative estimate of drug-likeness (QED) is 0.727. The van der Waals surface area contributed by atoms with Crippen molar-refractivity contribution in [3.05, 3.63) is 53.8 Å². The molecular weight excluding hydrogens is 415 g/mol. The Morgan fingerprint density at radius 2 is 1.60 bits per heavy atom. The minimum absolute atomic E-state index is 0.0390. The van der Waals surface area contributed by atoms with Crippen molar-refractivity contribution in [2.75, 3.05) is 33.0 Å². The van der Waals surface area contributed by atoms with Crippen LogP contribution in [0.15, 0.2) is 47.4 Å². The monoisotopic (exact) mass is 434 g/mol. The lowest BCUT2D eigenvalue weighted by Crippen LogP contribution is -2.61. The van der Waals surface area contributed by atoms with Gasteiger partial charge in [-0.25, -0.2) is 12.8 Å². The van der Waals surface area contributed by atoms with Crippen LogP contribution in [0.1, 0.15) is 10.4 Å². The Balaban J connectivity index is 1.31. The summed E-state index contributed by atoms with van der Waals surface area (Å²) in [4.78, 5) is 14.7. The second kappa shape index (κ2) is 7.22. The fraction of sp³-hybridized carbons (Fsp3) is 0.350. The molecule has 8 nitrogen and oxygen atoms in total. The van der Waals surface area contributed by atoms with E-state index in [-0.39, 0.29) is 43.8 Å². The molecule has 0 saturated carbocycles. The Kier molecular flexibility index (Phi) is 4.64. The number of carbonyl (C=O) groups is 1. The molecule has 5 rings (SSSR count). The molecule has 2 aromatic rings. The van der Waals surface area contributed by atoms with Gasteiger partial charge in [-0.05, 0) is 42.5 Å². The van der Waals surface area contributed by atoms with Crippen LogP contribution in [0.4, 0.5) is 4.39 Å². The predicted molar refractivity (Wildman–Crippen MR) is 102 cm³/mol. The number of sulfonamides is 1. The summed E-state index contributed by atoms with van der Waals surface area (Å²) in [6.07, 6.45) is -0.878. The number of hydrogen-bond acceptors (Lipinski definition) is 6. The highest BCUT2D eigenvalue weighted by Crippen LogP contribution is 2.33. The molecule has 2 atom stereocenters. The number of benzene rings is 2. The first-order valence-electron chi connectivity index (χ1n) is 9.50. The molecule has 2 bridgehead atoms. The van der Waals surface area contributed by atoms with E-state index in [0.717, 1.165) is 12.1 Å². The molecule has 0 unspecified atom stereocenters. The molecule has 0 radical (unpaired) electrons. The average Bonchev–Trinajstić information content (AvgIpc) is 3.20. The molecule has 1 amide bonds. The number of fused-ring (bicyclic) bond motifs is 3. The van der Waals surface area contributed by atoms with Gasteiger partial charge in [0, 0.05) is 31.7 Å². The van der Waals surface area contributed by atoms with E-state index in [2.05, 4.69) is 0 Å². The van der Waals surface area contributed by atoms with Crippen LogP contribution in [-0.4, -0.2) is 68.7 Å². The molecule has 0 aliphatic carbocycles. The Morgan fingerprint density at radius 3 is 2.30 bits per heavy atom. The second-order valence-electron chi connectivity index (χ2n) is 7.43. The topological polar surface area (TPSA) is 85.4 Å². The molecule has 0 aromatic heterocycles. The summed E-state index contributed by atoms with van der Waals surface area (Å²) in [6.45, 7) is 0.938. The third-order valence-corrected chi connectivity index (χ3v) is 7.25. The molecule has 158 valence electrons. The van der Waals surface area contributed by atoms with Crippen LogP contribution in [-0.2, 0) is 14.8 Å². The van der Waals surface area contributed by atoms with Crippen LogP contribution < -0.4 is 9.47 Å². The summed E-state index contributed by atoms with van der Waals surface area (Å²) in [5.74, 6) is 0.477. The smallest absolute Gasteiger partial charge is 0.254 e. The maximum Gasteiger partial charge on any atom is 0.254 e. The summed E-state index contributed by atoms with van der Waals surface area (Å²) >= 11 is 0. The first kappa shape index (κ1) is 19.3. The van der Waals surface area contributed by atoms with Gasteiger partial charge in [0.05, 0.1) is 17.1 Å². The molecule has 10 heteroatoms. The number of amides is 1. The van der Waals surface area contributed by atoms with Gasteiger partial charge in [0.25, 0.3) is 5.91 Å². The number of ether oxygens (including phenoxy) is 3. The number of hydrogen-bond donors (Lipinski definition) is 0. The van der Waals surface area contributed by atoms with E-state index in [0.29, 0.717) is 17.1 Å². The minimum Gasteiger partial charge on any atom is -0.454 e. The SMILES string of the molecule is O=C(c1ccc2c(c1)OCO2)N1C[C@@H]2CN(S(=O)(=O)c3ccc(F)cc3)C[C@H](C1)O2. The van der Waals surface area contributed by atoms with Crippen LogP contribution in [0.25, 0.3) is 0 Å². The molecule has 3 aliphatic rings. The average molecular weight is 434 g/mol. The maximum atomic E-state index is 13.2. The van der Waals surface area contributed by atoms with Gasteiger partial charge in [-0.1, -0.05) is 0 Å². The van der Waals surface area contributed by atoms with Crippen molar-refractivity contribution < 1.29 is 31.8 Å². The summed E-state index contributed by atoms with van der Waals surface area (Å²) < 4.78 is 56.8. The van der Waals surface area contributed by atoms with Gasteiger partial charge in [0.2, 0.25) is 16.8 Å². The summed E-state index contributed by atoms with van der Waals surface area (Å²) in [7, 11) is -3.76. The number of halogens is 1. The van der Waals surface area contributed by atoms with Gasteiger partial charge in [0.1, 0.15) is 5.82 Å². The zero-order valence-electron chi connectivity index (χ0n) is 15.9. The van der Waals surface area contributed by atoms with Crippen LogP contribution in [0, 0.1) is 5.82 Å². The van der Waals surface area contributed by atoms with Crippen molar-refractivity contribution in [1.82, 2.24) is 9.21 Å². The van der Waals surface area contributed by atoms with Gasteiger partial charge in [-0.3, -0.25) is 4.79 Å². The van der Waals surface area contributed by atoms with Crippen molar-refractivity contribution in [2.24, 2.45) is 0 Å². The fourth-order valence-corrected chi connectivity index (χ4v) is 5.49. The third-order valence-electron chi connectivity index (χ3n) is 5.41. The zero-order chi connectivity index (χ0) is 20.9. The fourth-order valence-electron chi connectivity index (χ4n) is 3.98. The van der Waals surface area contributed by atoms with E-state index < -0.39 is 28.0 Å².